The maximum Gasteiger partial charge on any atom is 0.241 e. The molecule has 2 heterocycles. The first kappa shape index (κ1) is 11.7. The van der Waals surface area contributed by atoms with E-state index >= 15 is 0 Å². The molecule has 1 saturated heterocycles. The number of rotatable bonds is 3. The number of nitrogens with one attached hydrogen (secondary N) is 2. The van der Waals surface area contributed by atoms with Crippen LogP contribution < -0.4 is 10.6 Å². The molecule has 1 atom stereocenters. The topological polar surface area (TPSA) is 74.6 Å². The van der Waals surface area contributed by atoms with Gasteiger partial charge in [0.25, 0.3) is 0 Å². The van der Waals surface area contributed by atoms with Crippen LogP contribution in [0.25, 0.3) is 0 Å². The molecule has 2 amide bonds. The van der Waals surface area contributed by atoms with Crippen molar-refractivity contribution in [1.29, 1.82) is 0 Å². The van der Waals surface area contributed by atoms with Gasteiger partial charge >= 0.3 is 0 Å². The first-order valence-corrected chi connectivity index (χ1v) is 5.43. The second-order valence-corrected chi connectivity index (χ2v) is 4.06. The van der Waals surface area contributed by atoms with E-state index in [-0.39, 0.29) is 24.4 Å². The lowest BCUT2D eigenvalue weighted by Gasteiger charge is -2.27. The van der Waals surface area contributed by atoms with E-state index in [9.17, 15) is 9.59 Å². The Labute approximate surface area is 99.0 Å². The Bertz CT molecular complexity index is 392. The lowest BCUT2D eigenvalue weighted by Crippen LogP contribution is -2.58. The van der Waals surface area contributed by atoms with Crippen LogP contribution in [0.5, 0.6) is 0 Å². The molecule has 0 aromatic carbocycles. The van der Waals surface area contributed by atoms with Gasteiger partial charge in [0.15, 0.2) is 0 Å². The van der Waals surface area contributed by atoms with Gasteiger partial charge < -0.3 is 14.6 Å². The number of hydrogen-bond donors (Lipinski definition) is 2. The van der Waals surface area contributed by atoms with Crippen LogP contribution in [0.3, 0.4) is 0 Å². The van der Waals surface area contributed by atoms with Crippen LogP contribution in [0.4, 0.5) is 0 Å². The van der Waals surface area contributed by atoms with Gasteiger partial charge in [0.2, 0.25) is 11.8 Å². The molecule has 0 aliphatic carbocycles. The second kappa shape index (κ2) is 5.01. The number of carbonyl (C=O) groups excluding carboxylic acids is 2. The summed E-state index contributed by atoms with van der Waals surface area (Å²) < 4.78 is 4.94. The molecule has 17 heavy (non-hydrogen) atoms. The predicted octanol–water partition coefficient (Wildman–Crippen LogP) is -0.674. The predicted molar refractivity (Wildman–Crippen MR) is 60.0 cm³/mol. The minimum atomic E-state index is -0.343. The quantitative estimate of drug-likeness (QED) is 0.731. The number of likely N-dealkylation sites (N-methyl/N-ethyl adjacent to an activating group) is 1. The van der Waals surface area contributed by atoms with E-state index in [4.69, 9.17) is 4.42 Å². The minimum Gasteiger partial charge on any atom is -0.472 e. The van der Waals surface area contributed by atoms with E-state index in [2.05, 4.69) is 10.6 Å². The van der Waals surface area contributed by atoms with Crippen molar-refractivity contribution in [3.05, 3.63) is 24.2 Å². The third kappa shape index (κ3) is 2.85. The fraction of sp³-hybridized carbons (Fsp3) is 0.455. The van der Waals surface area contributed by atoms with Gasteiger partial charge in [-0.1, -0.05) is 0 Å². The van der Waals surface area contributed by atoms with Crippen LogP contribution in [-0.4, -0.2) is 42.9 Å². The van der Waals surface area contributed by atoms with Gasteiger partial charge in [-0.3, -0.25) is 14.9 Å². The van der Waals surface area contributed by atoms with Crippen molar-refractivity contribution in [1.82, 2.24) is 15.5 Å². The Hall–Kier alpha value is -1.82. The number of amides is 2. The lowest BCUT2D eigenvalue weighted by atomic mass is 10.2. The van der Waals surface area contributed by atoms with Gasteiger partial charge in [0, 0.05) is 25.7 Å². The molecule has 0 spiro atoms. The third-order valence-electron chi connectivity index (χ3n) is 2.69. The zero-order chi connectivity index (χ0) is 12.3. The molecule has 1 aliphatic rings. The fourth-order valence-corrected chi connectivity index (χ4v) is 1.74. The summed E-state index contributed by atoms with van der Waals surface area (Å²) in [5, 5.41) is 5.56. The van der Waals surface area contributed by atoms with E-state index < -0.39 is 0 Å². The molecule has 1 aromatic heterocycles. The SMILES string of the molecule is CN(Cc1ccoc1)C(=O)C1CNC(=O)CN1. The molecule has 92 valence electrons. The Morgan fingerprint density at radius 2 is 2.47 bits per heavy atom. The zero-order valence-corrected chi connectivity index (χ0v) is 9.60. The summed E-state index contributed by atoms with van der Waals surface area (Å²) in [5.41, 5.74) is 0.945. The van der Waals surface area contributed by atoms with Crippen molar-refractivity contribution in [2.24, 2.45) is 0 Å². The fourth-order valence-electron chi connectivity index (χ4n) is 1.74. The number of hydrogen-bond acceptors (Lipinski definition) is 4. The molecule has 1 aliphatic heterocycles. The molecule has 0 bridgehead atoms. The second-order valence-electron chi connectivity index (χ2n) is 4.06. The van der Waals surface area contributed by atoms with Gasteiger partial charge in [-0.25, -0.2) is 0 Å². The number of piperazine rings is 1. The van der Waals surface area contributed by atoms with E-state index in [0.717, 1.165) is 5.56 Å². The Balaban J connectivity index is 1.88. The summed E-state index contributed by atoms with van der Waals surface area (Å²) in [6.07, 6.45) is 3.19. The maximum atomic E-state index is 12.0. The summed E-state index contributed by atoms with van der Waals surface area (Å²) in [4.78, 5) is 24.6. The number of carbonyl (C=O) groups is 2. The van der Waals surface area contributed by atoms with E-state index in [1.165, 1.54) is 0 Å². The van der Waals surface area contributed by atoms with Crippen molar-refractivity contribution in [3.8, 4) is 0 Å². The van der Waals surface area contributed by atoms with Crippen molar-refractivity contribution < 1.29 is 14.0 Å². The van der Waals surface area contributed by atoms with E-state index in [1.54, 1.807) is 24.5 Å². The molecule has 2 N–H and O–H groups in total. The molecule has 6 heteroatoms. The molecule has 0 saturated carbocycles. The van der Waals surface area contributed by atoms with E-state index in [1.807, 2.05) is 6.07 Å². The zero-order valence-electron chi connectivity index (χ0n) is 9.60. The number of nitrogens with zero attached hydrogens (tertiary/aromatic N) is 1. The largest absolute Gasteiger partial charge is 0.472 e. The smallest absolute Gasteiger partial charge is 0.241 e. The van der Waals surface area contributed by atoms with E-state index in [0.29, 0.717) is 13.1 Å². The summed E-state index contributed by atoms with van der Waals surface area (Å²) in [6.45, 7) is 1.03. The van der Waals surface area contributed by atoms with Crippen LogP contribution in [0.15, 0.2) is 23.0 Å². The maximum absolute atomic E-state index is 12.0. The van der Waals surface area contributed by atoms with Crippen LogP contribution in [-0.2, 0) is 16.1 Å². The first-order valence-electron chi connectivity index (χ1n) is 5.43. The van der Waals surface area contributed by atoms with Gasteiger partial charge in [-0.2, -0.15) is 0 Å². The van der Waals surface area contributed by atoms with Crippen molar-refractivity contribution in [2.75, 3.05) is 20.1 Å². The third-order valence-corrected chi connectivity index (χ3v) is 2.69. The van der Waals surface area contributed by atoms with Gasteiger partial charge in [0.1, 0.15) is 6.04 Å². The van der Waals surface area contributed by atoms with Crippen LogP contribution in [0.1, 0.15) is 5.56 Å². The van der Waals surface area contributed by atoms with Crippen molar-refractivity contribution in [2.45, 2.75) is 12.6 Å². The van der Waals surface area contributed by atoms with Gasteiger partial charge in [0.05, 0.1) is 19.1 Å². The highest BCUT2D eigenvalue weighted by Crippen LogP contribution is 2.05. The molecule has 1 unspecified atom stereocenters. The molecule has 2 rings (SSSR count). The van der Waals surface area contributed by atoms with Crippen LogP contribution in [0.2, 0.25) is 0 Å². The van der Waals surface area contributed by atoms with Crippen molar-refractivity contribution >= 4 is 11.8 Å². The number of furan rings is 1. The van der Waals surface area contributed by atoms with Crippen molar-refractivity contribution in [3.63, 3.8) is 0 Å². The Morgan fingerprint density at radius 3 is 3.06 bits per heavy atom. The molecule has 1 aromatic rings. The van der Waals surface area contributed by atoms with Crippen LogP contribution >= 0.6 is 0 Å². The minimum absolute atomic E-state index is 0.0359. The monoisotopic (exact) mass is 237 g/mol. The summed E-state index contributed by atoms with van der Waals surface area (Å²) in [5.74, 6) is -0.113. The van der Waals surface area contributed by atoms with Gasteiger partial charge in [-0.05, 0) is 6.07 Å². The van der Waals surface area contributed by atoms with Gasteiger partial charge in [-0.15, -0.1) is 0 Å². The molecule has 1 fully saturated rings. The Morgan fingerprint density at radius 1 is 1.65 bits per heavy atom. The lowest BCUT2D eigenvalue weighted by molar-refractivity contribution is -0.134. The first-order chi connectivity index (χ1) is 8.16. The molecule has 0 radical (unpaired) electrons. The van der Waals surface area contributed by atoms with Crippen LogP contribution in [0, 0.1) is 0 Å². The molecule has 6 nitrogen and oxygen atoms in total. The average molecular weight is 237 g/mol. The average Bonchev–Trinajstić information content (AvgIpc) is 2.82. The molecular formula is C11H15N3O3. The highest BCUT2D eigenvalue weighted by atomic mass is 16.3. The normalized spacial score (nSPS) is 19.8. The summed E-state index contributed by atoms with van der Waals surface area (Å²) in [7, 11) is 1.73. The molecular weight excluding hydrogens is 222 g/mol. The highest BCUT2D eigenvalue weighted by Gasteiger charge is 2.26. The standard InChI is InChI=1S/C11H15N3O3/c1-14(6-8-2-3-17-7-8)11(16)9-4-13-10(15)5-12-9/h2-3,7,9,12H,4-6H2,1H3,(H,13,15). The highest BCUT2D eigenvalue weighted by molar-refractivity contribution is 5.86. The Kier molecular flexibility index (Phi) is 3.43. The summed E-state index contributed by atoms with van der Waals surface area (Å²) >= 11 is 0. The summed E-state index contributed by atoms with van der Waals surface area (Å²) in [6, 6.07) is 1.48.